The zero-order valence-electron chi connectivity index (χ0n) is 11.9. The minimum absolute atomic E-state index is 0.0248. The lowest BCUT2D eigenvalue weighted by Gasteiger charge is -2.19. The summed E-state index contributed by atoms with van der Waals surface area (Å²) in [5.74, 6) is -0.501. The van der Waals surface area contributed by atoms with Gasteiger partial charge < -0.3 is 9.64 Å². The zero-order valence-corrected chi connectivity index (χ0v) is 12.8. The third-order valence-corrected chi connectivity index (χ3v) is 6.18. The van der Waals surface area contributed by atoms with E-state index in [1.54, 1.807) is 0 Å². The molecular weight excluding hydrogens is 304 g/mol. The Hall–Kier alpha value is -2.07. The summed E-state index contributed by atoms with van der Waals surface area (Å²) in [6.45, 7) is 0.556. The van der Waals surface area contributed by atoms with Gasteiger partial charge in [-0.05, 0) is 5.56 Å². The average Bonchev–Trinajstić information content (AvgIpc) is 2.95. The maximum atomic E-state index is 12.1. The van der Waals surface area contributed by atoms with E-state index in [1.807, 2.05) is 30.3 Å². The van der Waals surface area contributed by atoms with Gasteiger partial charge in [0, 0.05) is 19.0 Å². The molecule has 3 rings (SSSR count). The largest absolute Gasteiger partial charge is 0.445 e. The van der Waals surface area contributed by atoms with Crippen molar-refractivity contribution in [2.75, 3.05) is 24.6 Å². The van der Waals surface area contributed by atoms with Gasteiger partial charge in [0.25, 0.3) is 0 Å². The highest BCUT2D eigenvalue weighted by molar-refractivity contribution is 7.91. The number of benzene rings is 1. The van der Waals surface area contributed by atoms with E-state index in [0.717, 1.165) is 5.56 Å². The smallest absolute Gasteiger partial charge is 0.410 e. The van der Waals surface area contributed by atoms with E-state index in [9.17, 15) is 18.5 Å². The van der Waals surface area contributed by atoms with Crippen molar-refractivity contribution in [2.45, 2.75) is 6.61 Å². The third-order valence-electron chi connectivity index (χ3n) is 4.31. The van der Waals surface area contributed by atoms with E-state index < -0.39 is 21.3 Å². The Morgan fingerprint density at radius 3 is 2.77 bits per heavy atom. The molecule has 0 bridgehead atoms. The number of nitrogens with zero attached hydrogens (tertiary/aromatic N) is 2. The summed E-state index contributed by atoms with van der Waals surface area (Å²) in [5.41, 5.74) is -0.0854. The number of rotatable bonds is 2. The molecule has 2 aliphatic heterocycles. The predicted molar refractivity (Wildman–Crippen MR) is 78.4 cm³/mol. The molecule has 2 aliphatic rings. The molecule has 116 valence electrons. The van der Waals surface area contributed by atoms with Crippen LogP contribution in [-0.2, 0) is 21.2 Å². The van der Waals surface area contributed by atoms with Crippen LogP contribution in [0.1, 0.15) is 5.56 Å². The molecule has 0 aromatic heterocycles. The van der Waals surface area contributed by atoms with Crippen molar-refractivity contribution in [2.24, 2.45) is 11.3 Å². The molecule has 2 saturated heterocycles. The number of ether oxygens (including phenoxy) is 1. The second-order valence-electron chi connectivity index (χ2n) is 5.94. The van der Waals surface area contributed by atoms with Gasteiger partial charge in [0.05, 0.1) is 23.0 Å². The average molecular weight is 320 g/mol. The molecule has 6 nitrogen and oxygen atoms in total. The molecule has 1 aromatic carbocycles. The van der Waals surface area contributed by atoms with Crippen LogP contribution in [0, 0.1) is 22.7 Å². The summed E-state index contributed by atoms with van der Waals surface area (Å²) < 4.78 is 28.7. The van der Waals surface area contributed by atoms with Crippen molar-refractivity contribution in [3.63, 3.8) is 0 Å². The van der Waals surface area contributed by atoms with Crippen molar-refractivity contribution < 1.29 is 17.9 Å². The van der Waals surface area contributed by atoms with Crippen molar-refractivity contribution in [1.29, 1.82) is 5.26 Å². The lowest BCUT2D eigenvalue weighted by Crippen LogP contribution is -2.34. The first-order valence-corrected chi connectivity index (χ1v) is 8.84. The fourth-order valence-corrected chi connectivity index (χ4v) is 5.55. The van der Waals surface area contributed by atoms with Gasteiger partial charge in [-0.1, -0.05) is 30.3 Å². The van der Waals surface area contributed by atoms with E-state index in [1.165, 1.54) is 4.90 Å². The van der Waals surface area contributed by atoms with Gasteiger partial charge in [-0.15, -0.1) is 0 Å². The first kappa shape index (κ1) is 14.9. The second-order valence-corrected chi connectivity index (χ2v) is 8.05. The van der Waals surface area contributed by atoms with Crippen LogP contribution in [0.2, 0.25) is 0 Å². The van der Waals surface area contributed by atoms with E-state index >= 15 is 0 Å². The third kappa shape index (κ3) is 2.66. The molecule has 0 unspecified atom stereocenters. The van der Waals surface area contributed by atoms with Crippen LogP contribution in [0.15, 0.2) is 30.3 Å². The van der Waals surface area contributed by atoms with E-state index in [-0.39, 0.29) is 37.1 Å². The monoisotopic (exact) mass is 320 g/mol. The van der Waals surface area contributed by atoms with E-state index in [2.05, 4.69) is 6.07 Å². The lowest BCUT2D eigenvalue weighted by atomic mass is 9.83. The molecule has 0 spiro atoms. The van der Waals surface area contributed by atoms with Gasteiger partial charge in [-0.2, -0.15) is 5.26 Å². The Labute approximate surface area is 129 Å². The molecule has 2 fully saturated rings. The van der Waals surface area contributed by atoms with Crippen molar-refractivity contribution in [3.8, 4) is 6.07 Å². The molecular formula is C15H16N2O4S. The fraction of sp³-hybridized carbons (Fsp3) is 0.467. The van der Waals surface area contributed by atoms with Crippen LogP contribution in [-0.4, -0.2) is 44.0 Å². The Morgan fingerprint density at radius 2 is 2.14 bits per heavy atom. The normalized spacial score (nSPS) is 28.9. The Bertz CT molecular complexity index is 726. The van der Waals surface area contributed by atoms with Crippen LogP contribution in [0.3, 0.4) is 0 Å². The van der Waals surface area contributed by atoms with Gasteiger partial charge in [-0.3, -0.25) is 0 Å². The molecule has 22 heavy (non-hydrogen) atoms. The molecule has 1 aromatic rings. The highest BCUT2D eigenvalue weighted by Gasteiger charge is 2.57. The molecule has 2 atom stereocenters. The Morgan fingerprint density at radius 1 is 1.41 bits per heavy atom. The zero-order chi connectivity index (χ0) is 15.8. The number of carbonyl (C=O) groups excluding carboxylic acids is 1. The first-order valence-electron chi connectivity index (χ1n) is 7.01. The highest BCUT2D eigenvalue weighted by Crippen LogP contribution is 2.43. The number of amides is 1. The van der Waals surface area contributed by atoms with Gasteiger partial charge in [0.2, 0.25) is 0 Å². The number of hydrogen-bond acceptors (Lipinski definition) is 5. The van der Waals surface area contributed by atoms with Crippen LogP contribution in [0.25, 0.3) is 0 Å². The molecule has 0 saturated carbocycles. The first-order chi connectivity index (χ1) is 10.4. The maximum Gasteiger partial charge on any atom is 0.410 e. The molecule has 2 heterocycles. The second kappa shape index (κ2) is 5.29. The van der Waals surface area contributed by atoms with Gasteiger partial charge >= 0.3 is 6.09 Å². The van der Waals surface area contributed by atoms with Crippen LogP contribution in [0.4, 0.5) is 4.79 Å². The van der Waals surface area contributed by atoms with Gasteiger partial charge in [-0.25, -0.2) is 13.2 Å². The maximum absolute atomic E-state index is 12.1. The summed E-state index contributed by atoms with van der Waals surface area (Å²) in [7, 11) is -3.18. The lowest BCUT2D eigenvalue weighted by molar-refractivity contribution is 0.102. The summed E-state index contributed by atoms with van der Waals surface area (Å²) in [4.78, 5) is 13.6. The van der Waals surface area contributed by atoms with E-state index in [0.29, 0.717) is 0 Å². The standard InChI is InChI=1S/C15H16N2O4S/c16-9-15-10-17(6-13(15)8-22(19,20)11-15)14(18)21-7-12-4-2-1-3-5-12/h1-5,13H,6-8,10-11H2/t13-,15-/m0/s1. The quantitative estimate of drug-likeness (QED) is 0.817. The number of carbonyl (C=O) groups is 1. The van der Waals surface area contributed by atoms with Crippen LogP contribution >= 0.6 is 0 Å². The molecule has 7 heteroatoms. The molecule has 0 radical (unpaired) electrons. The fourth-order valence-electron chi connectivity index (χ4n) is 3.22. The van der Waals surface area contributed by atoms with Crippen molar-refractivity contribution in [3.05, 3.63) is 35.9 Å². The Balaban J connectivity index is 1.64. The van der Waals surface area contributed by atoms with Crippen molar-refractivity contribution >= 4 is 15.9 Å². The minimum Gasteiger partial charge on any atom is -0.445 e. The van der Waals surface area contributed by atoms with Crippen LogP contribution in [0.5, 0.6) is 0 Å². The summed E-state index contributed by atoms with van der Waals surface area (Å²) in [6, 6.07) is 11.4. The SMILES string of the molecule is N#C[C@@]12CN(C(=O)OCc3ccccc3)C[C@H]1CS(=O)(=O)C2. The number of likely N-dealkylation sites (tertiary alicyclic amines) is 1. The van der Waals surface area contributed by atoms with Crippen molar-refractivity contribution in [1.82, 2.24) is 4.90 Å². The number of sulfone groups is 1. The number of fused-ring (bicyclic) bond motifs is 1. The number of hydrogen-bond donors (Lipinski definition) is 0. The highest BCUT2D eigenvalue weighted by atomic mass is 32.2. The summed E-state index contributed by atoms with van der Waals surface area (Å²) in [6.07, 6.45) is -0.495. The molecule has 0 N–H and O–H groups in total. The molecule has 1 amide bonds. The Kier molecular flexibility index (Phi) is 3.57. The predicted octanol–water partition coefficient (Wildman–Crippen LogP) is 1.19. The van der Waals surface area contributed by atoms with Gasteiger partial charge in [0.15, 0.2) is 9.84 Å². The topological polar surface area (TPSA) is 87.5 Å². The minimum atomic E-state index is -3.18. The van der Waals surface area contributed by atoms with Gasteiger partial charge in [0.1, 0.15) is 6.61 Å². The summed E-state index contributed by atoms with van der Waals surface area (Å²) >= 11 is 0. The number of nitriles is 1. The van der Waals surface area contributed by atoms with Crippen LogP contribution < -0.4 is 0 Å². The molecule has 0 aliphatic carbocycles. The van der Waals surface area contributed by atoms with E-state index in [4.69, 9.17) is 4.74 Å². The summed E-state index contributed by atoms with van der Waals surface area (Å²) in [5, 5.41) is 9.37.